The van der Waals surface area contributed by atoms with E-state index in [0.717, 1.165) is 24.1 Å². The lowest BCUT2D eigenvalue weighted by molar-refractivity contribution is -0.153. The third-order valence-electron chi connectivity index (χ3n) is 6.56. The average Bonchev–Trinajstić information content (AvgIpc) is 3.54. The summed E-state index contributed by atoms with van der Waals surface area (Å²) >= 11 is 1.42. The molecule has 2 amide bonds. The quantitative estimate of drug-likeness (QED) is 0.448. The van der Waals surface area contributed by atoms with Gasteiger partial charge in [0.15, 0.2) is 12.2 Å². The molecule has 1 aromatic heterocycles. The highest BCUT2D eigenvalue weighted by molar-refractivity contribution is 7.09. The molecule has 35 heavy (non-hydrogen) atoms. The Hall–Kier alpha value is -3.07. The van der Waals surface area contributed by atoms with Gasteiger partial charge in [-0.1, -0.05) is 48.5 Å². The number of nitrogens with zero attached hydrogens (tertiary/aromatic N) is 2. The molecule has 2 heterocycles. The van der Waals surface area contributed by atoms with E-state index in [4.69, 9.17) is 0 Å². The van der Waals surface area contributed by atoms with Crippen LogP contribution in [0.3, 0.4) is 0 Å². The maximum atomic E-state index is 12.9. The van der Waals surface area contributed by atoms with Crippen LogP contribution in [0, 0.1) is 13.8 Å². The van der Waals surface area contributed by atoms with Crippen molar-refractivity contribution in [3.05, 3.63) is 86.9 Å². The smallest absolute Gasteiger partial charge is 0.255 e. The molecule has 1 unspecified atom stereocenters. The van der Waals surface area contributed by atoms with Crippen LogP contribution in [0.25, 0.3) is 0 Å². The van der Waals surface area contributed by atoms with Gasteiger partial charge in [-0.15, -0.1) is 11.3 Å². The van der Waals surface area contributed by atoms with Crippen molar-refractivity contribution in [1.29, 1.82) is 0 Å². The third kappa shape index (κ3) is 5.78. The Morgan fingerprint density at radius 2 is 1.80 bits per heavy atom. The number of likely N-dealkylation sites (tertiary alicyclic amines) is 1. The highest BCUT2D eigenvalue weighted by Crippen LogP contribution is 2.32. The second-order valence-corrected chi connectivity index (χ2v) is 9.93. The minimum atomic E-state index is -1.85. The Morgan fingerprint density at radius 1 is 1.09 bits per heavy atom. The number of aliphatic hydroxyl groups is 2. The van der Waals surface area contributed by atoms with Crippen molar-refractivity contribution in [1.82, 2.24) is 15.2 Å². The van der Waals surface area contributed by atoms with E-state index in [1.165, 1.54) is 28.0 Å². The lowest BCUT2D eigenvalue weighted by Gasteiger charge is -2.28. The van der Waals surface area contributed by atoms with Gasteiger partial charge < -0.3 is 20.4 Å². The Labute approximate surface area is 209 Å². The van der Waals surface area contributed by atoms with Crippen LogP contribution in [-0.4, -0.2) is 50.7 Å². The topological polar surface area (TPSA) is 103 Å². The summed E-state index contributed by atoms with van der Waals surface area (Å²) in [5.41, 5.74) is 5.55. The number of carbonyl (C=O) groups is 2. The summed E-state index contributed by atoms with van der Waals surface area (Å²) in [4.78, 5) is 31.6. The Morgan fingerprint density at radius 3 is 2.51 bits per heavy atom. The summed E-state index contributed by atoms with van der Waals surface area (Å²) in [6.07, 6.45) is -1.39. The van der Waals surface area contributed by atoms with E-state index in [1.54, 1.807) is 4.90 Å². The molecule has 0 aliphatic carbocycles. The number of hydrogen-bond acceptors (Lipinski definition) is 6. The number of nitrogens with one attached hydrogen (secondary N) is 1. The normalized spacial score (nSPS) is 17.3. The van der Waals surface area contributed by atoms with Gasteiger partial charge in [0, 0.05) is 18.3 Å². The lowest BCUT2D eigenvalue weighted by atomic mass is 9.99. The molecule has 3 N–H and O–H groups in total. The second-order valence-electron chi connectivity index (χ2n) is 8.99. The first-order chi connectivity index (χ1) is 16.8. The zero-order valence-electron chi connectivity index (χ0n) is 20.0. The first-order valence-corrected chi connectivity index (χ1v) is 12.7. The van der Waals surface area contributed by atoms with E-state index in [2.05, 4.69) is 36.3 Å². The minimum absolute atomic E-state index is 0.116. The molecule has 1 aliphatic heterocycles. The van der Waals surface area contributed by atoms with Crippen molar-refractivity contribution in [3.63, 3.8) is 0 Å². The summed E-state index contributed by atoms with van der Waals surface area (Å²) in [5.74, 6) is -1.43. The van der Waals surface area contributed by atoms with E-state index >= 15 is 0 Å². The van der Waals surface area contributed by atoms with Crippen molar-refractivity contribution in [2.24, 2.45) is 0 Å². The molecule has 0 bridgehead atoms. The summed E-state index contributed by atoms with van der Waals surface area (Å²) < 4.78 is 0. The van der Waals surface area contributed by atoms with Crippen molar-refractivity contribution in [3.8, 4) is 0 Å². The van der Waals surface area contributed by atoms with Crippen molar-refractivity contribution in [2.45, 2.75) is 57.9 Å². The summed E-state index contributed by atoms with van der Waals surface area (Å²) in [7, 11) is 0. The Kier molecular flexibility index (Phi) is 7.95. The Balaban J connectivity index is 1.32. The summed E-state index contributed by atoms with van der Waals surface area (Å²) in [6, 6.07) is 15.6. The van der Waals surface area contributed by atoms with E-state index in [0.29, 0.717) is 18.0 Å². The van der Waals surface area contributed by atoms with Crippen molar-refractivity contribution < 1.29 is 19.8 Å². The van der Waals surface area contributed by atoms with Gasteiger partial charge in [0.1, 0.15) is 5.01 Å². The van der Waals surface area contributed by atoms with Crippen LogP contribution in [0.4, 0.5) is 0 Å². The molecule has 3 atom stereocenters. The predicted octanol–water partition coefficient (Wildman–Crippen LogP) is 3.05. The molecule has 8 heteroatoms. The van der Waals surface area contributed by atoms with Gasteiger partial charge in [-0.05, 0) is 48.9 Å². The number of hydrogen-bond donors (Lipinski definition) is 3. The molecule has 1 aliphatic rings. The molecule has 184 valence electrons. The zero-order valence-corrected chi connectivity index (χ0v) is 20.8. The van der Waals surface area contributed by atoms with Crippen LogP contribution in [0.5, 0.6) is 0 Å². The van der Waals surface area contributed by atoms with E-state index in [-0.39, 0.29) is 12.6 Å². The molecule has 0 spiro atoms. The van der Waals surface area contributed by atoms with E-state index in [9.17, 15) is 19.8 Å². The minimum Gasteiger partial charge on any atom is -0.380 e. The molecular formula is C27H31N3O4S. The largest absolute Gasteiger partial charge is 0.380 e. The highest BCUT2D eigenvalue weighted by Gasteiger charge is 2.38. The number of carbonyl (C=O) groups excluding carboxylic acids is 2. The molecule has 1 saturated heterocycles. The molecule has 4 rings (SSSR count). The average molecular weight is 494 g/mol. The van der Waals surface area contributed by atoms with Gasteiger partial charge in [0.2, 0.25) is 0 Å². The maximum Gasteiger partial charge on any atom is 0.255 e. The molecule has 1 fully saturated rings. The molecule has 2 aromatic carbocycles. The first-order valence-electron chi connectivity index (χ1n) is 11.8. The number of aromatic nitrogens is 1. The fraction of sp³-hybridized carbons (Fsp3) is 0.370. The SMILES string of the molecule is Cc1cccc(C)c1Cc1csc(CNC(=O)[C@H](O)[C@@H](O)C(=O)N2CCCC2c2ccccc2)n1. The van der Waals surface area contributed by atoms with Gasteiger partial charge in [-0.2, -0.15) is 0 Å². The molecule has 0 radical (unpaired) electrons. The Bertz CT molecular complexity index is 1160. The molecule has 0 saturated carbocycles. The third-order valence-corrected chi connectivity index (χ3v) is 7.45. The van der Waals surface area contributed by atoms with Crippen LogP contribution in [0.2, 0.25) is 0 Å². The van der Waals surface area contributed by atoms with Crippen molar-refractivity contribution in [2.75, 3.05) is 6.54 Å². The van der Waals surface area contributed by atoms with Crippen LogP contribution < -0.4 is 5.32 Å². The predicted molar refractivity (Wildman–Crippen MR) is 135 cm³/mol. The number of aryl methyl sites for hydroxylation is 2. The zero-order chi connectivity index (χ0) is 24.9. The number of aliphatic hydroxyl groups excluding tert-OH is 2. The highest BCUT2D eigenvalue weighted by atomic mass is 32.1. The maximum absolute atomic E-state index is 12.9. The summed E-state index contributed by atoms with van der Waals surface area (Å²) in [5, 5.41) is 26.1. The van der Waals surface area contributed by atoms with Crippen LogP contribution in [0.15, 0.2) is 53.9 Å². The standard InChI is InChI=1S/C27H31N3O4S/c1-17-8-6-9-18(2)21(17)14-20-16-35-23(29-20)15-28-26(33)24(31)25(32)27(34)30-13-7-12-22(30)19-10-4-3-5-11-19/h3-6,8-11,16,22,24-25,31-32H,7,12-15H2,1-2H3,(H,28,33)/t22?,24-,25-/m1/s1. The fourth-order valence-corrected chi connectivity index (χ4v) is 5.32. The van der Waals surface area contributed by atoms with E-state index in [1.807, 2.05) is 41.8 Å². The number of rotatable bonds is 8. The number of benzene rings is 2. The van der Waals surface area contributed by atoms with Crippen LogP contribution in [0.1, 0.15) is 51.8 Å². The van der Waals surface area contributed by atoms with Crippen LogP contribution in [-0.2, 0) is 22.6 Å². The summed E-state index contributed by atoms with van der Waals surface area (Å²) in [6.45, 7) is 4.75. The van der Waals surface area contributed by atoms with Gasteiger partial charge in [0.05, 0.1) is 18.3 Å². The molecular weight excluding hydrogens is 462 g/mol. The second kappa shape index (κ2) is 11.1. The monoisotopic (exact) mass is 493 g/mol. The van der Waals surface area contributed by atoms with Crippen LogP contribution >= 0.6 is 11.3 Å². The van der Waals surface area contributed by atoms with Gasteiger partial charge in [-0.25, -0.2) is 4.98 Å². The number of thiazole rings is 1. The molecule has 7 nitrogen and oxygen atoms in total. The molecule has 3 aromatic rings. The van der Waals surface area contributed by atoms with Crippen molar-refractivity contribution >= 4 is 23.2 Å². The van der Waals surface area contributed by atoms with Gasteiger partial charge >= 0.3 is 0 Å². The first kappa shape index (κ1) is 25.0. The lowest BCUT2D eigenvalue weighted by Crippen LogP contribution is -2.50. The van der Waals surface area contributed by atoms with E-state index < -0.39 is 24.0 Å². The van der Waals surface area contributed by atoms with Gasteiger partial charge in [0.25, 0.3) is 11.8 Å². The fourth-order valence-electron chi connectivity index (χ4n) is 4.59. The number of amides is 2. The van der Waals surface area contributed by atoms with Gasteiger partial charge in [-0.3, -0.25) is 9.59 Å².